The number of aromatic nitrogens is 3. The van der Waals surface area contributed by atoms with Gasteiger partial charge in [0.05, 0.1) is 4.88 Å². The topological polar surface area (TPSA) is 62.7 Å². The summed E-state index contributed by atoms with van der Waals surface area (Å²) in [4.78, 5) is 13.1. The van der Waals surface area contributed by atoms with E-state index in [0.29, 0.717) is 16.5 Å². The van der Waals surface area contributed by atoms with Gasteiger partial charge >= 0.3 is 0 Å². The van der Waals surface area contributed by atoms with Gasteiger partial charge in [0.25, 0.3) is 0 Å². The second-order valence-electron chi connectivity index (χ2n) is 5.02. The van der Waals surface area contributed by atoms with Gasteiger partial charge in [-0.3, -0.25) is 14.5 Å². The van der Waals surface area contributed by atoms with Crippen molar-refractivity contribution in [2.75, 3.05) is 0 Å². The molecule has 0 bridgehead atoms. The summed E-state index contributed by atoms with van der Waals surface area (Å²) in [6, 6.07) is 4.04. The van der Waals surface area contributed by atoms with E-state index in [0.717, 1.165) is 4.88 Å². The maximum Gasteiger partial charge on any atom is 0.240 e. The fourth-order valence-electron chi connectivity index (χ4n) is 1.67. The summed E-state index contributed by atoms with van der Waals surface area (Å²) in [6.45, 7) is 6.33. The fourth-order valence-corrected chi connectivity index (χ4v) is 2.59. The van der Waals surface area contributed by atoms with Gasteiger partial charge in [0.1, 0.15) is 6.54 Å². The van der Waals surface area contributed by atoms with Gasteiger partial charge in [0, 0.05) is 6.04 Å². The molecule has 0 aliphatic heterocycles. The van der Waals surface area contributed by atoms with Crippen LogP contribution < -0.4 is 5.32 Å². The average molecular weight is 310 g/mol. The average Bonchev–Trinajstić information content (AvgIpc) is 3.00. The van der Waals surface area contributed by atoms with Gasteiger partial charge in [0.2, 0.25) is 5.91 Å². The van der Waals surface area contributed by atoms with E-state index in [1.165, 1.54) is 0 Å². The van der Waals surface area contributed by atoms with Crippen molar-refractivity contribution in [2.24, 2.45) is 5.92 Å². The first kappa shape index (κ1) is 14.9. The number of hydrogen-bond acceptors (Lipinski definition) is 4. The van der Waals surface area contributed by atoms with Crippen LogP contribution in [0, 0.1) is 10.7 Å². The molecule has 2 heterocycles. The molecule has 0 saturated carbocycles. The molecule has 0 radical (unpaired) electrons. The smallest absolute Gasteiger partial charge is 0.240 e. The monoisotopic (exact) mass is 310 g/mol. The summed E-state index contributed by atoms with van der Waals surface area (Å²) in [5.74, 6) is 1.05. The summed E-state index contributed by atoms with van der Waals surface area (Å²) in [6.07, 6.45) is 0. The van der Waals surface area contributed by atoms with E-state index in [-0.39, 0.29) is 18.5 Å². The lowest BCUT2D eigenvalue weighted by Gasteiger charge is -2.17. The van der Waals surface area contributed by atoms with E-state index in [1.807, 2.05) is 24.4 Å². The second-order valence-corrected chi connectivity index (χ2v) is 6.35. The van der Waals surface area contributed by atoms with E-state index in [2.05, 4.69) is 29.4 Å². The number of thiophene rings is 1. The number of hydrogen-bond donors (Lipinski definition) is 2. The summed E-state index contributed by atoms with van der Waals surface area (Å²) >= 11 is 6.77. The van der Waals surface area contributed by atoms with Crippen LogP contribution in [0.1, 0.15) is 20.8 Å². The zero-order valence-electron chi connectivity index (χ0n) is 11.7. The van der Waals surface area contributed by atoms with Gasteiger partial charge in [-0.15, -0.1) is 11.3 Å². The molecule has 0 aliphatic rings. The van der Waals surface area contributed by atoms with E-state index < -0.39 is 0 Å². The van der Waals surface area contributed by atoms with Crippen LogP contribution in [0.4, 0.5) is 0 Å². The van der Waals surface area contributed by atoms with Crippen molar-refractivity contribution in [3.63, 3.8) is 0 Å². The SMILES string of the molecule is CC(C)[C@@H](C)NC(=O)Cn1c(-c2cccs2)n[nH]c1=S. The molecule has 2 rings (SSSR count). The Morgan fingerprint density at radius 3 is 2.90 bits per heavy atom. The van der Waals surface area contributed by atoms with E-state index in [1.54, 1.807) is 15.9 Å². The Morgan fingerprint density at radius 2 is 2.30 bits per heavy atom. The normalized spacial score (nSPS) is 12.6. The molecule has 2 aromatic heterocycles. The molecular formula is C13H18N4OS2. The van der Waals surface area contributed by atoms with Crippen LogP contribution in [0.25, 0.3) is 10.7 Å². The van der Waals surface area contributed by atoms with Crippen LogP contribution in [0.3, 0.4) is 0 Å². The lowest BCUT2D eigenvalue weighted by molar-refractivity contribution is -0.122. The number of rotatable bonds is 5. The Hall–Kier alpha value is -1.47. The minimum absolute atomic E-state index is 0.0542. The molecule has 0 aliphatic carbocycles. The van der Waals surface area contributed by atoms with Gasteiger partial charge in [-0.2, -0.15) is 5.10 Å². The molecule has 0 saturated heterocycles. The highest BCUT2D eigenvalue weighted by Crippen LogP contribution is 2.22. The molecule has 108 valence electrons. The second kappa shape index (κ2) is 6.32. The molecular weight excluding hydrogens is 292 g/mol. The molecule has 5 nitrogen and oxygen atoms in total. The number of nitrogens with one attached hydrogen (secondary N) is 2. The minimum Gasteiger partial charge on any atom is -0.352 e. The standard InChI is InChI=1S/C13H18N4OS2/c1-8(2)9(3)14-11(18)7-17-12(15-16-13(17)19)10-5-4-6-20-10/h4-6,8-9H,7H2,1-3H3,(H,14,18)(H,16,19)/t9-/m1/s1. The van der Waals surface area contributed by atoms with Gasteiger partial charge < -0.3 is 5.32 Å². The molecule has 0 fully saturated rings. The summed E-state index contributed by atoms with van der Waals surface area (Å²) in [5, 5.41) is 11.9. The Morgan fingerprint density at radius 1 is 1.55 bits per heavy atom. The Kier molecular flexibility index (Phi) is 4.72. The zero-order chi connectivity index (χ0) is 14.7. The molecule has 0 spiro atoms. The molecule has 7 heteroatoms. The zero-order valence-corrected chi connectivity index (χ0v) is 13.3. The Labute approximate surface area is 127 Å². The van der Waals surface area contributed by atoms with E-state index in [9.17, 15) is 4.79 Å². The molecule has 20 heavy (non-hydrogen) atoms. The summed E-state index contributed by atoms with van der Waals surface area (Å²) in [5.41, 5.74) is 0. The van der Waals surface area contributed by atoms with Crippen molar-refractivity contribution in [3.8, 4) is 10.7 Å². The molecule has 1 amide bonds. The third-order valence-corrected chi connectivity index (χ3v) is 4.37. The fraction of sp³-hybridized carbons (Fsp3) is 0.462. The number of H-pyrrole nitrogens is 1. The van der Waals surface area contributed by atoms with Crippen molar-refractivity contribution < 1.29 is 4.79 Å². The van der Waals surface area contributed by atoms with E-state index in [4.69, 9.17) is 12.2 Å². The van der Waals surface area contributed by atoms with Crippen LogP contribution in [-0.2, 0) is 11.3 Å². The van der Waals surface area contributed by atoms with Crippen molar-refractivity contribution in [1.82, 2.24) is 20.1 Å². The van der Waals surface area contributed by atoms with Crippen molar-refractivity contribution in [2.45, 2.75) is 33.4 Å². The van der Waals surface area contributed by atoms with Gasteiger partial charge in [-0.05, 0) is 36.5 Å². The summed E-state index contributed by atoms with van der Waals surface area (Å²) < 4.78 is 2.18. The van der Waals surface area contributed by atoms with Gasteiger partial charge in [-0.1, -0.05) is 19.9 Å². The Balaban J connectivity index is 2.16. The largest absolute Gasteiger partial charge is 0.352 e. The predicted octanol–water partition coefficient (Wildman–Crippen LogP) is 2.83. The number of carbonyl (C=O) groups excluding carboxylic acids is 1. The highest BCUT2D eigenvalue weighted by atomic mass is 32.1. The maximum absolute atomic E-state index is 12.1. The first-order valence-corrected chi connectivity index (χ1v) is 7.76. The maximum atomic E-state index is 12.1. The highest BCUT2D eigenvalue weighted by molar-refractivity contribution is 7.71. The van der Waals surface area contributed by atoms with Crippen LogP contribution in [0.5, 0.6) is 0 Å². The summed E-state index contributed by atoms with van der Waals surface area (Å²) in [7, 11) is 0. The third-order valence-electron chi connectivity index (χ3n) is 3.19. The quantitative estimate of drug-likeness (QED) is 0.835. The van der Waals surface area contributed by atoms with Crippen LogP contribution in [0.2, 0.25) is 0 Å². The molecule has 0 unspecified atom stereocenters. The van der Waals surface area contributed by atoms with Crippen molar-refractivity contribution in [3.05, 3.63) is 22.3 Å². The molecule has 2 N–H and O–H groups in total. The molecule has 2 aromatic rings. The predicted molar refractivity (Wildman–Crippen MR) is 83.2 cm³/mol. The lowest BCUT2D eigenvalue weighted by Crippen LogP contribution is -2.38. The number of amides is 1. The first-order chi connectivity index (χ1) is 9.49. The van der Waals surface area contributed by atoms with Crippen molar-refractivity contribution in [1.29, 1.82) is 0 Å². The minimum atomic E-state index is -0.0542. The number of carbonyl (C=O) groups is 1. The third kappa shape index (κ3) is 3.34. The van der Waals surface area contributed by atoms with Crippen molar-refractivity contribution >= 4 is 29.5 Å². The first-order valence-electron chi connectivity index (χ1n) is 6.47. The molecule has 0 aromatic carbocycles. The van der Waals surface area contributed by atoms with Crippen LogP contribution in [0.15, 0.2) is 17.5 Å². The lowest BCUT2D eigenvalue weighted by atomic mass is 10.1. The highest BCUT2D eigenvalue weighted by Gasteiger charge is 2.15. The number of nitrogens with zero attached hydrogens (tertiary/aromatic N) is 2. The van der Waals surface area contributed by atoms with E-state index >= 15 is 0 Å². The molecule has 1 atom stereocenters. The van der Waals surface area contributed by atoms with Crippen LogP contribution in [-0.4, -0.2) is 26.7 Å². The van der Waals surface area contributed by atoms with Crippen LogP contribution >= 0.6 is 23.6 Å². The number of aromatic amines is 1. The van der Waals surface area contributed by atoms with Gasteiger partial charge in [-0.25, -0.2) is 0 Å². The Bertz CT molecular complexity index is 627. The van der Waals surface area contributed by atoms with Gasteiger partial charge in [0.15, 0.2) is 10.6 Å².